The number of hydrogen-bond donors (Lipinski definition) is 1. The van der Waals surface area contributed by atoms with Crippen molar-refractivity contribution in [3.05, 3.63) is 39.3 Å². The van der Waals surface area contributed by atoms with Gasteiger partial charge in [-0.1, -0.05) is 29.3 Å². The van der Waals surface area contributed by atoms with Crippen LogP contribution >= 0.6 is 46.9 Å². The molecule has 25 heavy (non-hydrogen) atoms. The monoisotopic (exact) mass is 419 g/mol. The van der Waals surface area contributed by atoms with Crippen molar-refractivity contribution in [1.82, 2.24) is 9.88 Å². The second-order valence-corrected chi connectivity index (χ2v) is 7.85. The fourth-order valence-corrected chi connectivity index (χ4v) is 4.01. The van der Waals surface area contributed by atoms with Crippen LogP contribution in [0.3, 0.4) is 0 Å². The predicted molar refractivity (Wildman–Crippen MR) is 107 cm³/mol. The minimum Gasteiger partial charge on any atom is -0.337 e. The third-order valence-electron chi connectivity index (χ3n) is 4.38. The van der Waals surface area contributed by atoms with Gasteiger partial charge in [0, 0.05) is 30.1 Å². The molecule has 0 radical (unpaired) electrons. The molecule has 2 unspecified atom stereocenters. The number of nitrogens with two attached hydrogens (primary N) is 1. The molecule has 1 aromatic heterocycles. The van der Waals surface area contributed by atoms with Crippen LogP contribution < -0.4 is 5.73 Å². The SMILES string of the molecule is CC(N)C1CCCN(C(=O)c2csc(-c3ccc(Cl)c(Cl)c3)n2)C1.Cl. The molecule has 3 rings (SSSR count). The molecular formula is C17H20Cl3N3OS. The van der Waals surface area contributed by atoms with Crippen molar-refractivity contribution in [3.63, 3.8) is 0 Å². The van der Waals surface area contributed by atoms with Gasteiger partial charge in [-0.25, -0.2) is 4.98 Å². The summed E-state index contributed by atoms with van der Waals surface area (Å²) in [6.07, 6.45) is 2.06. The normalized spacial score (nSPS) is 18.6. The first kappa shape index (κ1) is 20.5. The zero-order valence-electron chi connectivity index (χ0n) is 13.7. The third-order valence-corrected chi connectivity index (χ3v) is 6.01. The van der Waals surface area contributed by atoms with Gasteiger partial charge in [0.1, 0.15) is 10.7 Å². The summed E-state index contributed by atoms with van der Waals surface area (Å²) >= 11 is 13.4. The molecule has 2 atom stereocenters. The molecule has 0 bridgehead atoms. The Morgan fingerprint density at radius 2 is 2.16 bits per heavy atom. The van der Waals surface area contributed by atoms with Crippen LogP contribution in [-0.2, 0) is 0 Å². The number of nitrogens with zero attached hydrogens (tertiary/aromatic N) is 2. The van der Waals surface area contributed by atoms with Crippen molar-refractivity contribution >= 4 is 52.9 Å². The van der Waals surface area contributed by atoms with Crippen molar-refractivity contribution in [3.8, 4) is 10.6 Å². The van der Waals surface area contributed by atoms with Crippen molar-refractivity contribution in [2.24, 2.45) is 11.7 Å². The minimum atomic E-state index is -0.0251. The molecule has 1 fully saturated rings. The number of carbonyl (C=O) groups excluding carboxylic acids is 1. The van der Waals surface area contributed by atoms with Gasteiger partial charge in [-0.05, 0) is 37.8 Å². The van der Waals surface area contributed by atoms with E-state index in [2.05, 4.69) is 4.98 Å². The Kier molecular flexibility index (Phi) is 7.11. The molecule has 2 aromatic rings. The molecule has 136 valence electrons. The molecule has 2 N–H and O–H groups in total. The van der Waals surface area contributed by atoms with Crippen LogP contribution in [0.5, 0.6) is 0 Å². The van der Waals surface area contributed by atoms with E-state index in [9.17, 15) is 4.79 Å². The summed E-state index contributed by atoms with van der Waals surface area (Å²) in [6, 6.07) is 5.46. The number of rotatable bonds is 3. The molecule has 0 spiro atoms. The summed E-state index contributed by atoms with van der Waals surface area (Å²) in [5.41, 5.74) is 7.34. The first-order valence-corrected chi connectivity index (χ1v) is 9.55. The van der Waals surface area contributed by atoms with Gasteiger partial charge < -0.3 is 10.6 Å². The molecule has 1 amide bonds. The molecule has 1 saturated heterocycles. The van der Waals surface area contributed by atoms with Gasteiger partial charge in [0.2, 0.25) is 0 Å². The molecule has 4 nitrogen and oxygen atoms in total. The first-order chi connectivity index (χ1) is 11.5. The van der Waals surface area contributed by atoms with Gasteiger partial charge in [-0.3, -0.25) is 4.79 Å². The van der Waals surface area contributed by atoms with Crippen LogP contribution in [0.25, 0.3) is 10.6 Å². The van der Waals surface area contributed by atoms with Gasteiger partial charge >= 0.3 is 0 Å². The quantitative estimate of drug-likeness (QED) is 0.780. The van der Waals surface area contributed by atoms with E-state index in [0.29, 0.717) is 28.2 Å². The van der Waals surface area contributed by atoms with Crippen molar-refractivity contribution < 1.29 is 4.79 Å². The lowest BCUT2D eigenvalue weighted by Gasteiger charge is -2.34. The Hall–Kier alpha value is -0.850. The lowest BCUT2D eigenvalue weighted by molar-refractivity contribution is 0.0656. The highest BCUT2D eigenvalue weighted by Crippen LogP contribution is 2.31. The van der Waals surface area contributed by atoms with E-state index in [-0.39, 0.29) is 24.4 Å². The Labute approximate surface area is 167 Å². The lowest BCUT2D eigenvalue weighted by Crippen LogP contribution is -2.45. The van der Waals surface area contributed by atoms with E-state index in [1.807, 2.05) is 17.9 Å². The lowest BCUT2D eigenvalue weighted by atomic mass is 9.92. The number of benzene rings is 1. The third kappa shape index (κ3) is 4.66. The van der Waals surface area contributed by atoms with Gasteiger partial charge in [-0.2, -0.15) is 0 Å². The highest BCUT2D eigenvalue weighted by molar-refractivity contribution is 7.13. The molecule has 1 aromatic carbocycles. The summed E-state index contributed by atoms with van der Waals surface area (Å²) in [7, 11) is 0. The Balaban J connectivity index is 0.00000225. The molecule has 1 aliphatic rings. The maximum absolute atomic E-state index is 12.7. The van der Waals surface area contributed by atoms with Crippen LogP contribution in [0.1, 0.15) is 30.3 Å². The topological polar surface area (TPSA) is 59.2 Å². The van der Waals surface area contributed by atoms with E-state index in [1.54, 1.807) is 17.5 Å². The van der Waals surface area contributed by atoms with E-state index in [1.165, 1.54) is 11.3 Å². The summed E-state index contributed by atoms with van der Waals surface area (Å²) in [5, 5.41) is 3.55. The number of hydrogen-bond acceptors (Lipinski definition) is 4. The Morgan fingerprint density at radius 1 is 1.40 bits per heavy atom. The smallest absolute Gasteiger partial charge is 0.273 e. The van der Waals surface area contributed by atoms with E-state index in [4.69, 9.17) is 28.9 Å². The largest absolute Gasteiger partial charge is 0.337 e. The molecule has 2 heterocycles. The van der Waals surface area contributed by atoms with E-state index >= 15 is 0 Å². The second-order valence-electron chi connectivity index (χ2n) is 6.18. The molecular weight excluding hydrogens is 401 g/mol. The van der Waals surface area contributed by atoms with Gasteiger partial charge in [-0.15, -0.1) is 23.7 Å². The van der Waals surface area contributed by atoms with Crippen LogP contribution in [0.15, 0.2) is 23.6 Å². The molecule has 8 heteroatoms. The minimum absolute atomic E-state index is 0. The van der Waals surface area contributed by atoms with Crippen LogP contribution in [0.2, 0.25) is 10.0 Å². The summed E-state index contributed by atoms with van der Waals surface area (Å²) in [4.78, 5) is 19.1. The van der Waals surface area contributed by atoms with Gasteiger partial charge in [0.25, 0.3) is 5.91 Å². The van der Waals surface area contributed by atoms with Crippen LogP contribution in [0, 0.1) is 5.92 Å². The average Bonchev–Trinajstić information content (AvgIpc) is 3.06. The highest BCUT2D eigenvalue weighted by atomic mass is 35.5. The van der Waals surface area contributed by atoms with E-state index in [0.717, 1.165) is 30.0 Å². The standard InChI is InChI=1S/C17H19Cl2N3OS.ClH/c1-10(20)12-3-2-6-22(8-12)17(23)15-9-24-16(21-15)11-4-5-13(18)14(19)7-11;/h4-5,7,9-10,12H,2-3,6,8,20H2,1H3;1H. The summed E-state index contributed by atoms with van der Waals surface area (Å²) in [5.74, 6) is 0.332. The molecule has 1 aliphatic heterocycles. The zero-order chi connectivity index (χ0) is 17.3. The predicted octanol–water partition coefficient (Wildman–Crippen LogP) is 4.74. The number of likely N-dealkylation sites (tertiary alicyclic amines) is 1. The number of amides is 1. The molecule has 0 saturated carbocycles. The number of thiazole rings is 1. The van der Waals surface area contributed by atoms with Gasteiger partial charge in [0.15, 0.2) is 0 Å². The maximum atomic E-state index is 12.7. The fourth-order valence-electron chi connectivity index (χ4n) is 2.92. The van der Waals surface area contributed by atoms with Crippen LogP contribution in [0.4, 0.5) is 0 Å². The average molecular weight is 421 g/mol. The zero-order valence-corrected chi connectivity index (χ0v) is 16.9. The molecule has 0 aliphatic carbocycles. The first-order valence-electron chi connectivity index (χ1n) is 7.91. The highest BCUT2D eigenvalue weighted by Gasteiger charge is 2.27. The van der Waals surface area contributed by atoms with E-state index < -0.39 is 0 Å². The number of piperidine rings is 1. The van der Waals surface area contributed by atoms with Crippen LogP contribution in [-0.4, -0.2) is 34.9 Å². The summed E-state index contributed by atoms with van der Waals surface area (Å²) < 4.78 is 0. The summed E-state index contributed by atoms with van der Waals surface area (Å²) in [6.45, 7) is 3.47. The maximum Gasteiger partial charge on any atom is 0.273 e. The number of carbonyl (C=O) groups is 1. The second kappa shape index (κ2) is 8.69. The Morgan fingerprint density at radius 3 is 2.84 bits per heavy atom. The van der Waals surface area contributed by atoms with Gasteiger partial charge in [0.05, 0.1) is 10.0 Å². The number of aromatic nitrogens is 1. The number of halogens is 3. The fraction of sp³-hybridized carbons (Fsp3) is 0.412. The Bertz CT molecular complexity index is 750. The van der Waals surface area contributed by atoms with Crippen molar-refractivity contribution in [2.45, 2.75) is 25.8 Å². The van der Waals surface area contributed by atoms with Crippen molar-refractivity contribution in [1.29, 1.82) is 0 Å². The van der Waals surface area contributed by atoms with Crippen molar-refractivity contribution in [2.75, 3.05) is 13.1 Å².